The number of aliphatic carboxylic acids is 1. The van der Waals surface area contributed by atoms with E-state index in [0.717, 1.165) is 0 Å². The maximum atomic E-state index is 13.1. The molecule has 0 unspecified atom stereocenters. The lowest BCUT2D eigenvalue weighted by Crippen LogP contribution is -2.39. The van der Waals surface area contributed by atoms with Crippen molar-refractivity contribution in [2.45, 2.75) is 18.8 Å². The van der Waals surface area contributed by atoms with Crippen molar-refractivity contribution in [3.8, 4) is 0 Å². The minimum Gasteiger partial charge on any atom is -0.481 e. The number of carboxylic acid groups (broad SMARTS) is 1. The smallest absolute Gasteiger partial charge is 0.308 e. The third kappa shape index (κ3) is 3.84. The number of rotatable bonds is 3. The Kier molecular flexibility index (Phi) is 4.81. The van der Waals surface area contributed by atoms with Gasteiger partial charge in [0.2, 0.25) is 5.91 Å². The third-order valence-corrected chi connectivity index (χ3v) is 6.87. The average Bonchev–Trinajstić information content (AvgIpc) is 3.00. The van der Waals surface area contributed by atoms with Crippen LogP contribution in [-0.2, 0) is 19.4 Å². The molecule has 2 atom stereocenters. The van der Waals surface area contributed by atoms with Crippen molar-refractivity contribution in [1.29, 1.82) is 0 Å². The molecule has 0 bridgehead atoms. The highest BCUT2D eigenvalue weighted by Crippen LogP contribution is 2.35. The molecule has 0 aromatic heterocycles. The predicted molar refractivity (Wildman–Crippen MR) is 88.2 cm³/mol. The number of amides is 1. The normalized spacial score (nSPS) is 26.5. The zero-order chi connectivity index (χ0) is 18.2. The zero-order valence-electron chi connectivity index (χ0n) is 13.6. The van der Waals surface area contributed by atoms with E-state index >= 15 is 0 Å². The van der Waals surface area contributed by atoms with Gasteiger partial charge in [0.25, 0.3) is 0 Å². The molecule has 1 aromatic carbocycles. The van der Waals surface area contributed by atoms with Crippen LogP contribution in [0, 0.1) is 17.7 Å². The molecule has 0 saturated carbocycles. The number of carboxylic acids is 1. The van der Waals surface area contributed by atoms with Gasteiger partial charge in [0, 0.05) is 24.9 Å². The van der Waals surface area contributed by atoms with Crippen LogP contribution in [0.5, 0.6) is 0 Å². The fourth-order valence-corrected chi connectivity index (χ4v) is 5.17. The molecule has 0 aliphatic carbocycles. The number of hydrogen-bond donors (Lipinski definition) is 1. The standard InChI is InChI=1S/C17H20FNO5S/c18-13-3-1-11(2-4-13)14-9-19(10-15(14)17(21)22)16(20)12-5-7-25(23,24)8-6-12/h1-4,12,14-15H,5-10H2,(H,21,22)/t14-,15+/m0/s1. The zero-order valence-corrected chi connectivity index (χ0v) is 14.4. The van der Waals surface area contributed by atoms with Gasteiger partial charge in [-0.3, -0.25) is 9.59 Å². The lowest BCUT2D eigenvalue weighted by atomic mass is 9.89. The molecule has 25 heavy (non-hydrogen) atoms. The molecule has 1 amide bonds. The van der Waals surface area contributed by atoms with Crippen LogP contribution >= 0.6 is 0 Å². The van der Waals surface area contributed by atoms with Crippen LogP contribution < -0.4 is 0 Å². The summed E-state index contributed by atoms with van der Waals surface area (Å²) >= 11 is 0. The van der Waals surface area contributed by atoms with Gasteiger partial charge in [-0.15, -0.1) is 0 Å². The van der Waals surface area contributed by atoms with E-state index < -0.39 is 33.5 Å². The van der Waals surface area contributed by atoms with Crippen LogP contribution in [0.4, 0.5) is 4.39 Å². The largest absolute Gasteiger partial charge is 0.481 e. The van der Waals surface area contributed by atoms with Crippen LogP contribution in [0.3, 0.4) is 0 Å². The van der Waals surface area contributed by atoms with Crippen LogP contribution in [0.25, 0.3) is 0 Å². The molecule has 6 nitrogen and oxygen atoms in total. The molecule has 0 spiro atoms. The van der Waals surface area contributed by atoms with E-state index in [1.54, 1.807) is 12.1 Å². The third-order valence-electron chi connectivity index (χ3n) is 5.15. The van der Waals surface area contributed by atoms with E-state index in [-0.39, 0.29) is 49.3 Å². The summed E-state index contributed by atoms with van der Waals surface area (Å²) in [6.07, 6.45) is 0.577. The molecule has 2 aliphatic heterocycles. The van der Waals surface area contributed by atoms with Gasteiger partial charge in [-0.2, -0.15) is 0 Å². The van der Waals surface area contributed by atoms with Gasteiger partial charge in [0.05, 0.1) is 17.4 Å². The molecule has 0 radical (unpaired) electrons. The monoisotopic (exact) mass is 369 g/mol. The Morgan fingerprint density at radius 1 is 1.08 bits per heavy atom. The van der Waals surface area contributed by atoms with Crippen molar-refractivity contribution in [1.82, 2.24) is 4.90 Å². The maximum Gasteiger partial charge on any atom is 0.308 e. The highest BCUT2D eigenvalue weighted by Gasteiger charge is 2.42. The van der Waals surface area contributed by atoms with E-state index in [2.05, 4.69) is 0 Å². The van der Waals surface area contributed by atoms with Crippen LogP contribution in [0.2, 0.25) is 0 Å². The number of carbonyl (C=O) groups is 2. The quantitative estimate of drug-likeness (QED) is 0.866. The minimum atomic E-state index is -3.06. The van der Waals surface area contributed by atoms with Gasteiger partial charge in [0.1, 0.15) is 15.7 Å². The summed E-state index contributed by atoms with van der Waals surface area (Å²) in [4.78, 5) is 25.8. The summed E-state index contributed by atoms with van der Waals surface area (Å²) < 4.78 is 36.1. The fraction of sp³-hybridized carbons (Fsp3) is 0.529. The first kappa shape index (κ1) is 17.8. The topological polar surface area (TPSA) is 91.8 Å². The number of nitrogens with zero attached hydrogens (tertiary/aromatic N) is 1. The first-order valence-electron chi connectivity index (χ1n) is 8.24. The van der Waals surface area contributed by atoms with Crippen molar-refractivity contribution in [2.24, 2.45) is 11.8 Å². The lowest BCUT2D eigenvalue weighted by Gasteiger charge is -2.26. The summed E-state index contributed by atoms with van der Waals surface area (Å²) in [6, 6.07) is 5.67. The van der Waals surface area contributed by atoms with Crippen LogP contribution in [0.1, 0.15) is 24.3 Å². The summed E-state index contributed by atoms with van der Waals surface area (Å²) in [7, 11) is -3.06. The Labute approximate surface area is 145 Å². The van der Waals surface area contributed by atoms with Crippen LogP contribution in [0.15, 0.2) is 24.3 Å². The van der Waals surface area contributed by atoms with Crippen molar-refractivity contribution >= 4 is 21.7 Å². The van der Waals surface area contributed by atoms with E-state index in [1.807, 2.05) is 0 Å². The lowest BCUT2D eigenvalue weighted by molar-refractivity contribution is -0.142. The first-order valence-corrected chi connectivity index (χ1v) is 10.1. The van der Waals surface area contributed by atoms with E-state index in [0.29, 0.717) is 5.56 Å². The maximum absolute atomic E-state index is 13.1. The van der Waals surface area contributed by atoms with Crippen molar-refractivity contribution in [3.05, 3.63) is 35.6 Å². The number of carbonyl (C=O) groups excluding carboxylic acids is 1. The second kappa shape index (κ2) is 6.74. The summed E-state index contributed by atoms with van der Waals surface area (Å²) in [6.45, 7) is 0.351. The predicted octanol–water partition coefficient (Wildman–Crippen LogP) is 1.28. The molecule has 2 aliphatic rings. The van der Waals surface area contributed by atoms with Gasteiger partial charge >= 0.3 is 5.97 Å². The Morgan fingerprint density at radius 2 is 1.68 bits per heavy atom. The molecule has 1 N–H and O–H groups in total. The molecule has 8 heteroatoms. The minimum absolute atomic E-state index is 0.000989. The van der Waals surface area contributed by atoms with Crippen molar-refractivity contribution < 1.29 is 27.5 Å². The van der Waals surface area contributed by atoms with Crippen LogP contribution in [-0.4, -0.2) is 54.9 Å². The Hall–Kier alpha value is -1.96. The molecule has 3 rings (SSSR count). The van der Waals surface area contributed by atoms with Gasteiger partial charge in [0.15, 0.2) is 0 Å². The molecule has 2 saturated heterocycles. The second-order valence-corrected chi connectivity index (χ2v) is 9.08. The number of likely N-dealkylation sites (tertiary alicyclic amines) is 1. The SMILES string of the molecule is O=C(O)[C@@H]1CN(C(=O)C2CCS(=O)(=O)CC2)C[C@H]1c1ccc(F)cc1. The Balaban J connectivity index is 1.74. The first-order chi connectivity index (χ1) is 11.8. The fourth-order valence-electron chi connectivity index (χ4n) is 3.68. The number of halogens is 1. The average molecular weight is 369 g/mol. The van der Waals surface area contributed by atoms with E-state index in [4.69, 9.17) is 0 Å². The molecular weight excluding hydrogens is 349 g/mol. The second-order valence-electron chi connectivity index (χ2n) is 6.77. The Morgan fingerprint density at radius 3 is 2.24 bits per heavy atom. The van der Waals surface area contributed by atoms with Gasteiger partial charge in [-0.25, -0.2) is 12.8 Å². The highest BCUT2D eigenvalue weighted by molar-refractivity contribution is 7.91. The molecule has 2 fully saturated rings. The summed E-state index contributed by atoms with van der Waals surface area (Å²) in [5, 5.41) is 9.49. The molecule has 136 valence electrons. The van der Waals surface area contributed by atoms with Gasteiger partial charge in [-0.05, 0) is 30.5 Å². The van der Waals surface area contributed by atoms with E-state index in [1.165, 1.54) is 17.0 Å². The summed E-state index contributed by atoms with van der Waals surface area (Å²) in [5.74, 6) is -3.07. The van der Waals surface area contributed by atoms with Gasteiger partial charge in [-0.1, -0.05) is 12.1 Å². The number of sulfone groups is 1. The van der Waals surface area contributed by atoms with Gasteiger partial charge < -0.3 is 10.0 Å². The number of benzene rings is 1. The number of hydrogen-bond acceptors (Lipinski definition) is 4. The molecular formula is C17H20FNO5S. The summed E-state index contributed by atoms with van der Waals surface area (Å²) in [5.41, 5.74) is 0.690. The van der Waals surface area contributed by atoms with Crippen molar-refractivity contribution in [3.63, 3.8) is 0 Å². The van der Waals surface area contributed by atoms with Crippen molar-refractivity contribution in [2.75, 3.05) is 24.6 Å². The molecule has 1 aromatic rings. The highest BCUT2D eigenvalue weighted by atomic mass is 32.2. The molecule has 2 heterocycles. The van der Waals surface area contributed by atoms with E-state index in [9.17, 15) is 27.5 Å². The Bertz CT molecular complexity index is 763.